The van der Waals surface area contributed by atoms with Gasteiger partial charge in [-0.15, -0.1) is 0 Å². The topological polar surface area (TPSA) is 51.6 Å². The molecule has 0 bridgehead atoms. The van der Waals surface area contributed by atoms with Crippen molar-refractivity contribution in [1.82, 2.24) is 19.9 Å². The van der Waals surface area contributed by atoms with Crippen molar-refractivity contribution in [2.45, 2.75) is 0 Å². The first-order chi connectivity index (χ1) is 23.8. The fourth-order valence-corrected chi connectivity index (χ4v) is 7.18. The third kappa shape index (κ3) is 4.16. The third-order valence-corrected chi connectivity index (χ3v) is 9.52. The summed E-state index contributed by atoms with van der Waals surface area (Å²) in [5, 5.41) is 4.66. The lowest BCUT2D eigenvalue weighted by molar-refractivity contribution is 1.21. The lowest BCUT2D eigenvalue weighted by Gasteiger charge is -2.11. The van der Waals surface area contributed by atoms with Crippen LogP contribution >= 0.6 is 0 Å². The summed E-state index contributed by atoms with van der Waals surface area (Å²) in [6, 6.07) is 51.1. The highest BCUT2D eigenvalue weighted by Crippen LogP contribution is 2.49. The molecule has 0 saturated carbocycles. The van der Waals surface area contributed by atoms with E-state index < -0.39 is 0 Å². The van der Waals surface area contributed by atoms with Gasteiger partial charge in [-0.05, 0) is 45.2 Å². The van der Waals surface area contributed by atoms with Gasteiger partial charge in [0.25, 0.3) is 0 Å². The molecule has 0 saturated heterocycles. The largest absolute Gasteiger partial charge is 0.260 e. The molecule has 9 aromatic rings. The molecule has 3 aromatic heterocycles. The van der Waals surface area contributed by atoms with Crippen molar-refractivity contribution in [3.8, 4) is 67.3 Å². The molecular formula is C44H26N4. The van der Waals surface area contributed by atoms with Crippen LogP contribution in [-0.4, -0.2) is 19.9 Å². The molecule has 0 amide bonds. The maximum Gasteiger partial charge on any atom is 0.0972 e. The fraction of sp³-hybridized carbons (Fsp3) is 0. The molecule has 0 N–H and O–H groups in total. The van der Waals surface area contributed by atoms with Crippen LogP contribution < -0.4 is 0 Å². The Bertz CT molecular complexity index is 2690. The zero-order valence-corrected chi connectivity index (χ0v) is 25.8. The number of benzene rings is 6. The van der Waals surface area contributed by atoms with Gasteiger partial charge in [-0.3, -0.25) is 4.98 Å². The van der Waals surface area contributed by atoms with Crippen LogP contribution in [-0.2, 0) is 0 Å². The smallest absolute Gasteiger partial charge is 0.0972 e. The normalized spacial score (nSPS) is 11.8. The number of nitrogens with zero attached hydrogens (tertiary/aromatic N) is 4. The maximum absolute atomic E-state index is 5.30. The van der Waals surface area contributed by atoms with E-state index in [-0.39, 0.29) is 0 Å². The number of pyridine rings is 2. The van der Waals surface area contributed by atoms with Crippen molar-refractivity contribution in [3.05, 3.63) is 158 Å². The highest BCUT2D eigenvalue weighted by Gasteiger charge is 2.22. The predicted molar refractivity (Wildman–Crippen MR) is 196 cm³/mol. The van der Waals surface area contributed by atoms with Gasteiger partial charge >= 0.3 is 0 Å². The molecule has 0 spiro atoms. The van der Waals surface area contributed by atoms with Gasteiger partial charge in [-0.1, -0.05) is 133 Å². The summed E-state index contributed by atoms with van der Waals surface area (Å²) >= 11 is 0. The van der Waals surface area contributed by atoms with Crippen LogP contribution in [0.25, 0.3) is 99.9 Å². The number of hydrogen-bond acceptors (Lipinski definition) is 4. The highest BCUT2D eigenvalue weighted by molar-refractivity contribution is 6.18. The van der Waals surface area contributed by atoms with E-state index in [2.05, 4.69) is 132 Å². The summed E-state index contributed by atoms with van der Waals surface area (Å²) in [5.74, 6) is 0. The second-order valence-electron chi connectivity index (χ2n) is 12.3. The van der Waals surface area contributed by atoms with Gasteiger partial charge in [0.05, 0.1) is 46.2 Å². The quantitative estimate of drug-likeness (QED) is 0.186. The third-order valence-electron chi connectivity index (χ3n) is 9.52. The molecular weight excluding hydrogens is 585 g/mol. The Morgan fingerprint density at radius 1 is 0.312 bits per heavy atom. The van der Waals surface area contributed by atoms with E-state index in [1.165, 1.54) is 33.0 Å². The minimum absolute atomic E-state index is 0.837. The molecule has 4 heteroatoms. The molecule has 0 aliphatic heterocycles. The zero-order chi connectivity index (χ0) is 31.6. The number of rotatable bonds is 4. The Labute approximate surface area is 277 Å². The van der Waals surface area contributed by atoms with E-state index in [9.17, 15) is 0 Å². The summed E-state index contributed by atoms with van der Waals surface area (Å²) < 4.78 is 0. The fourth-order valence-electron chi connectivity index (χ4n) is 7.18. The Morgan fingerprint density at radius 3 is 1.54 bits per heavy atom. The van der Waals surface area contributed by atoms with Crippen molar-refractivity contribution < 1.29 is 0 Å². The lowest BCUT2D eigenvalue weighted by atomic mass is 9.96. The second-order valence-corrected chi connectivity index (χ2v) is 12.3. The minimum Gasteiger partial charge on any atom is -0.260 e. The van der Waals surface area contributed by atoms with E-state index >= 15 is 0 Å². The molecule has 1 aliphatic rings. The Hall–Kier alpha value is -6.52. The summed E-state index contributed by atoms with van der Waals surface area (Å²) in [6.45, 7) is 0. The van der Waals surface area contributed by atoms with Gasteiger partial charge in [0.2, 0.25) is 0 Å². The highest BCUT2D eigenvalue weighted by atomic mass is 14.8. The Balaban J connectivity index is 1.05. The van der Waals surface area contributed by atoms with Gasteiger partial charge in [-0.2, -0.15) is 0 Å². The SMILES string of the molecule is c1ccc(-c2cncc(-c3ccc(-c4ccc5ccc6ccc(-c7ccc8c9c(cccc79)-c7ccccc7-8)nc6c5n4)cc3)n2)cc1. The summed E-state index contributed by atoms with van der Waals surface area (Å²) in [7, 11) is 0. The summed E-state index contributed by atoms with van der Waals surface area (Å²) in [6.07, 6.45) is 3.62. The average Bonchev–Trinajstić information content (AvgIpc) is 3.50. The van der Waals surface area contributed by atoms with Crippen LogP contribution in [0.5, 0.6) is 0 Å². The molecule has 4 nitrogen and oxygen atoms in total. The molecule has 0 fully saturated rings. The first-order valence-corrected chi connectivity index (χ1v) is 16.1. The van der Waals surface area contributed by atoms with Gasteiger partial charge in [0, 0.05) is 33.0 Å². The van der Waals surface area contributed by atoms with E-state index in [0.29, 0.717) is 0 Å². The lowest BCUT2D eigenvalue weighted by Crippen LogP contribution is -1.92. The average molecular weight is 611 g/mol. The summed E-state index contributed by atoms with van der Waals surface area (Å²) in [4.78, 5) is 19.8. The first kappa shape index (κ1) is 26.7. The Kier molecular flexibility index (Phi) is 5.84. The molecule has 0 radical (unpaired) electrons. The van der Waals surface area contributed by atoms with Crippen molar-refractivity contribution in [2.75, 3.05) is 0 Å². The van der Waals surface area contributed by atoms with Crippen LogP contribution in [0.1, 0.15) is 0 Å². The monoisotopic (exact) mass is 610 g/mol. The van der Waals surface area contributed by atoms with E-state index in [1.54, 1.807) is 6.20 Å². The van der Waals surface area contributed by atoms with E-state index in [0.717, 1.165) is 66.8 Å². The maximum atomic E-state index is 5.30. The number of fused-ring (bicyclic) bond motifs is 6. The molecule has 0 unspecified atom stereocenters. The predicted octanol–water partition coefficient (Wildman–Crippen LogP) is 11.0. The van der Waals surface area contributed by atoms with E-state index in [1.807, 2.05) is 24.4 Å². The second kappa shape index (κ2) is 10.5. The van der Waals surface area contributed by atoms with Gasteiger partial charge in [0.1, 0.15) is 0 Å². The molecule has 3 heterocycles. The summed E-state index contributed by atoms with van der Waals surface area (Å²) in [5.41, 5.74) is 14.8. The molecule has 1 aliphatic carbocycles. The van der Waals surface area contributed by atoms with E-state index in [4.69, 9.17) is 15.0 Å². The number of aromatic nitrogens is 4. The molecule has 6 aromatic carbocycles. The molecule has 48 heavy (non-hydrogen) atoms. The molecule has 222 valence electrons. The zero-order valence-electron chi connectivity index (χ0n) is 25.8. The van der Waals surface area contributed by atoms with Crippen LogP contribution in [0.3, 0.4) is 0 Å². The number of hydrogen-bond donors (Lipinski definition) is 0. The van der Waals surface area contributed by atoms with Crippen molar-refractivity contribution >= 4 is 32.6 Å². The molecule has 10 rings (SSSR count). The Morgan fingerprint density at radius 2 is 0.833 bits per heavy atom. The van der Waals surface area contributed by atoms with Crippen molar-refractivity contribution in [1.29, 1.82) is 0 Å². The van der Waals surface area contributed by atoms with Crippen LogP contribution in [0, 0.1) is 0 Å². The van der Waals surface area contributed by atoms with Crippen LogP contribution in [0.4, 0.5) is 0 Å². The van der Waals surface area contributed by atoms with Crippen molar-refractivity contribution in [3.63, 3.8) is 0 Å². The van der Waals surface area contributed by atoms with Crippen LogP contribution in [0.15, 0.2) is 158 Å². The first-order valence-electron chi connectivity index (χ1n) is 16.1. The van der Waals surface area contributed by atoms with Gasteiger partial charge in [0.15, 0.2) is 0 Å². The van der Waals surface area contributed by atoms with Crippen molar-refractivity contribution in [2.24, 2.45) is 0 Å². The molecule has 0 atom stereocenters. The van der Waals surface area contributed by atoms with Gasteiger partial charge < -0.3 is 0 Å². The van der Waals surface area contributed by atoms with Crippen LogP contribution in [0.2, 0.25) is 0 Å². The standard InChI is InChI=1S/C44H26N4/c1-2-7-27(8-3-1)40-25-45-26-41(46-40)29-15-13-28(14-16-29)38-23-19-30-17-18-31-20-24-39(48-44(31)43(30)47-38)34-21-22-37-33-10-5-4-9-32(33)35-11-6-12-36(34)42(35)37/h1-26H. The van der Waals surface area contributed by atoms with Gasteiger partial charge in [-0.25, -0.2) is 15.0 Å². The minimum atomic E-state index is 0.837.